The van der Waals surface area contributed by atoms with Gasteiger partial charge in [0.2, 0.25) is 5.91 Å². The Morgan fingerprint density at radius 1 is 1.29 bits per heavy atom. The first kappa shape index (κ1) is 23.4. The molecule has 3 heterocycles. The number of carbonyl (C=O) groups excluding carboxylic acids is 1. The second-order valence-electron chi connectivity index (χ2n) is 7.48. The summed E-state index contributed by atoms with van der Waals surface area (Å²) in [5.74, 6) is 1.08. The molecule has 0 radical (unpaired) electrons. The van der Waals surface area contributed by atoms with Crippen molar-refractivity contribution in [1.82, 2.24) is 25.2 Å². The number of pyridine rings is 1. The number of nitrogens with two attached hydrogens (primary N) is 1. The molecular formula is C23H22ClN7O2S. The van der Waals surface area contributed by atoms with Crippen molar-refractivity contribution < 1.29 is 9.53 Å². The summed E-state index contributed by atoms with van der Waals surface area (Å²) < 4.78 is 5.77. The van der Waals surface area contributed by atoms with Gasteiger partial charge in [-0.1, -0.05) is 36.5 Å². The number of aromatic nitrogens is 3. The molecule has 4 N–H and O–H groups in total. The number of hydrogen-bond donors (Lipinski definition) is 3. The normalized spacial score (nSPS) is 13.0. The van der Waals surface area contributed by atoms with Crippen molar-refractivity contribution in [1.29, 1.82) is 0 Å². The molecule has 1 aromatic carbocycles. The van der Waals surface area contributed by atoms with Crippen LogP contribution in [0, 0.1) is 0 Å². The topological polar surface area (TPSA) is 118 Å². The fourth-order valence-electron chi connectivity index (χ4n) is 3.32. The van der Waals surface area contributed by atoms with Gasteiger partial charge in [0.15, 0.2) is 0 Å². The number of nitrogens with zero attached hydrogens (tertiary/aromatic N) is 4. The summed E-state index contributed by atoms with van der Waals surface area (Å²) in [5.41, 5.74) is 8.05. The van der Waals surface area contributed by atoms with Gasteiger partial charge >= 0.3 is 0 Å². The van der Waals surface area contributed by atoms with E-state index in [1.54, 1.807) is 23.2 Å². The summed E-state index contributed by atoms with van der Waals surface area (Å²) in [4.78, 5) is 26.3. The molecule has 0 aliphatic carbocycles. The van der Waals surface area contributed by atoms with Crippen molar-refractivity contribution in [2.45, 2.75) is 12.6 Å². The smallest absolute Gasteiger partial charge is 0.246 e. The number of thiocarbonyl (C=S) groups is 1. The van der Waals surface area contributed by atoms with Crippen molar-refractivity contribution in [3.63, 3.8) is 0 Å². The number of carbonyl (C=O) groups is 1. The van der Waals surface area contributed by atoms with Gasteiger partial charge < -0.3 is 26.0 Å². The lowest BCUT2D eigenvalue weighted by Gasteiger charge is -2.39. The lowest BCUT2D eigenvalue weighted by Crippen LogP contribution is -2.60. The summed E-state index contributed by atoms with van der Waals surface area (Å²) in [6, 6.07) is 10.9. The maximum Gasteiger partial charge on any atom is 0.246 e. The minimum Gasteiger partial charge on any atom is -0.486 e. The van der Waals surface area contributed by atoms with Crippen LogP contribution in [0.25, 0.3) is 0 Å². The lowest BCUT2D eigenvalue weighted by molar-refractivity contribution is -0.130. The van der Waals surface area contributed by atoms with Crippen LogP contribution in [-0.2, 0) is 11.4 Å². The molecule has 1 aliphatic rings. The lowest BCUT2D eigenvalue weighted by atomic mass is 10.1. The van der Waals surface area contributed by atoms with Crippen LogP contribution in [0.3, 0.4) is 0 Å². The van der Waals surface area contributed by atoms with Crippen LogP contribution in [-0.4, -0.2) is 49.9 Å². The Kier molecular flexibility index (Phi) is 7.19. The van der Waals surface area contributed by atoms with Crippen LogP contribution in [0.15, 0.2) is 61.6 Å². The first-order valence-electron chi connectivity index (χ1n) is 10.4. The molecule has 174 valence electrons. The van der Waals surface area contributed by atoms with Gasteiger partial charge in [0.1, 0.15) is 35.3 Å². The van der Waals surface area contributed by atoms with Gasteiger partial charge in [-0.05, 0) is 36.4 Å². The van der Waals surface area contributed by atoms with Crippen LogP contribution in [0.2, 0.25) is 5.02 Å². The third-order valence-corrected chi connectivity index (χ3v) is 5.72. The highest BCUT2D eigenvalue weighted by Crippen LogP contribution is 2.31. The zero-order chi connectivity index (χ0) is 24.1. The Balaban J connectivity index is 1.43. The van der Waals surface area contributed by atoms with Gasteiger partial charge in [0, 0.05) is 25.0 Å². The van der Waals surface area contributed by atoms with Crippen LogP contribution in [0.4, 0.5) is 17.3 Å². The Labute approximate surface area is 207 Å². The third kappa shape index (κ3) is 5.41. The molecule has 0 atom stereocenters. The quantitative estimate of drug-likeness (QED) is 0.320. The average molecular weight is 496 g/mol. The van der Waals surface area contributed by atoms with E-state index in [1.165, 1.54) is 12.4 Å². The summed E-state index contributed by atoms with van der Waals surface area (Å²) in [6.45, 7) is 4.85. The summed E-state index contributed by atoms with van der Waals surface area (Å²) in [5, 5.41) is 6.83. The van der Waals surface area contributed by atoms with Crippen molar-refractivity contribution in [2.24, 2.45) is 0 Å². The van der Waals surface area contributed by atoms with E-state index in [0.29, 0.717) is 52.5 Å². The number of nitrogen functional groups attached to an aromatic ring is 1. The highest BCUT2D eigenvalue weighted by molar-refractivity contribution is 7.80. The highest BCUT2D eigenvalue weighted by atomic mass is 35.5. The third-order valence-electron chi connectivity index (χ3n) is 5.10. The number of rotatable bonds is 8. The van der Waals surface area contributed by atoms with Crippen LogP contribution in [0.5, 0.6) is 5.75 Å². The number of benzene rings is 1. The first-order valence-corrected chi connectivity index (χ1v) is 11.1. The highest BCUT2D eigenvalue weighted by Gasteiger charge is 2.30. The van der Waals surface area contributed by atoms with Crippen LogP contribution in [0.1, 0.15) is 11.3 Å². The molecule has 11 heteroatoms. The zero-order valence-electron chi connectivity index (χ0n) is 18.1. The largest absolute Gasteiger partial charge is 0.486 e. The molecule has 4 rings (SSSR count). The van der Waals surface area contributed by atoms with E-state index in [-0.39, 0.29) is 17.8 Å². The number of likely N-dealkylation sites (tertiary alicyclic amines) is 1. The molecule has 0 bridgehead atoms. The molecule has 9 nitrogen and oxygen atoms in total. The van der Waals surface area contributed by atoms with E-state index < -0.39 is 0 Å². The van der Waals surface area contributed by atoms with Crippen molar-refractivity contribution in [3.05, 3.63) is 77.9 Å². The summed E-state index contributed by atoms with van der Waals surface area (Å²) in [7, 11) is 0. The van der Waals surface area contributed by atoms with Crippen molar-refractivity contribution in [2.75, 3.05) is 24.1 Å². The minimum atomic E-state index is -0.113. The number of ether oxygens (including phenoxy) is 1. The van der Waals surface area contributed by atoms with Crippen molar-refractivity contribution in [3.8, 4) is 5.75 Å². The molecule has 1 aliphatic heterocycles. The molecule has 0 unspecified atom stereocenters. The van der Waals surface area contributed by atoms with E-state index in [9.17, 15) is 4.79 Å². The van der Waals surface area contributed by atoms with Crippen LogP contribution < -0.4 is 21.1 Å². The molecule has 0 saturated carbocycles. The molecule has 34 heavy (non-hydrogen) atoms. The maximum absolute atomic E-state index is 11.6. The van der Waals surface area contributed by atoms with Gasteiger partial charge in [0.05, 0.1) is 22.3 Å². The second kappa shape index (κ2) is 10.4. The molecule has 2 aromatic heterocycles. The molecule has 1 fully saturated rings. The number of nitrogens with one attached hydrogen (secondary N) is 2. The van der Waals surface area contributed by atoms with E-state index in [2.05, 4.69) is 32.2 Å². The van der Waals surface area contributed by atoms with Gasteiger partial charge in [-0.15, -0.1) is 0 Å². The Bertz CT molecular complexity index is 1220. The Hall–Kier alpha value is -3.76. The molecule has 1 saturated heterocycles. The van der Waals surface area contributed by atoms with Crippen molar-refractivity contribution >= 4 is 52.0 Å². The maximum atomic E-state index is 11.6. The molecule has 1 amide bonds. The molecule has 0 spiro atoms. The van der Waals surface area contributed by atoms with Crippen LogP contribution >= 0.6 is 23.8 Å². The summed E-state index contributed by atoms with van der Waals surface area (Å²) >= 11 is 12.0. The predicted octanol–water partition coefficient (Wildman–Crippen LogP) is 3.09. The zero-order valence-corrected chi connectivity index (χ0v) is 19.6. The van der Waals surface area contributed by atoms with Gasteiger partial charge in [-0.3, -0.25) is 9.78 Å². The minimum absolute atomic E-state index is 0.00818. The fraction of sp³-hybridized carbons (Fsp3) is 0.174. The molecule has 3 aromatic rings. The number of anilines is 3. The average Bonchev–Trinajstić information content (AvgIpc) is 2.81. The van der Waals surface area contributed by atoms with E-state index in [0.717, 1.165) is 5.69 Å². The number of hydrogen-bond acceptors (Lipinski definition) is 8. The van der Waals surface area contributed by atoms with Gasteiger partial charge in [0.25, 0.3) is 0 Å². The molecular weight excluding hydrogens is 474 g/mol. The fourth-order valence-corrected chi connectivity index (χ4v) is 3.92. The Morgan fingerprint density at radius 3 is 2.82 bits per heavy atom. The van der Waals surface area contributed by atoms with E-state index in [1.807, 2.05) is 24.3 Å². The number of amides is 1. The first-order chi connectivity index (χ1) is 16.4. The van der Waals surface area contributed by atoms with Gasteiger partial charge in [-0.25, -0.2) is 9.97 Å². The van der Waals surface area contributed by atoms with E-state index in [4.69, 9.17) is 34.3 Å². The number of halogens is 1. The van der Waals surface area contributed by atoms with E-state index >= 15 is 0 Å². The summed E-state index contributed by atoms with van der Waals surface area (Å²) in [6.07, 6.45) is 4.35. The standard InChI is InChI=1S/C23H22ClN7O2S/c1-2-19(32)31-10-16(11-31)30-23(34)20-21(25)27-13-28-22(20)29-14-6-7-18(17(24)9-14)33-12-15-5-3-4-8-26-15/h2-9,13,16H,1,10-12H2,(H,30,34)(H3,25,27,28,29). The monoisotopic (exact) mass is 495 g/mol. The van der Waals surface area contributed by atoms with Gasteiger partial charge in [-0.2, -0.15) is 0 Å². The second-order valence-corrected chi connectivity index (χ2v) is 8.30. The Morgan fingerprint density at radius 2 is 2.12 bits per heavy atom. The predicted molar refractivity (Wildman–Crippen MR) is 135 cm³/mol. The SMILES string of the molecule is C=CC(=O)N1CC(NC(=S)c2c(N)ncnc2Nc2ccc(OCc3ccccn3)c(Cl)c2)C1.